The standard InChI is InChI=1S/C15H8BrF3N2OS/c16-11-6-13(23-8-11)4-9(7-20)14(22)21-12-3-1-2-10(5-12)15(17,18)19/h1-6,8H,(H,21,22)/b9-4+. The van der Waals surface area contributed by atoms with Crippen LogP contribution in [-0.4, -0.2) is 5.91 Å². The minimum Gasteiger partial charge on any atom is -0.321 e. The van der Waals surface area contributed by atoms with Crippen molar-refractivity contribution in [2.75, 3.05) is 5.32 Å². The van der Waals surface area contributed by atoms with Crippen LogP contribution in [0.2, 0.25) is 0 Å². The first-order chi connectivity index (χ1) is 10.8. The van der Waals surface area contributed by atoms with E-state index in [2.05, 4.69) is 21.2 Å². The second-order valence-electron chi connectivity index (χ2n) is 4.37. The highest BCUT2D eigenvalue weighted by atomic mass is 79.9. The highest BCUT2D eigenvalue weighted by Gasteiger charge is 2.30. The number of carbonyl (C=O) groups excluding carboxylic acids is 1. The number of alkyl halides is 3. The summed E-state index contributed by atoms with van der Waals surface area (Å²) < 4.78 is 38.7. The first-order valence-corrected chi connectivity index (χ1v) is 7.81. The molecule has 1 amide bonds. The van der Waals surface area contributed by atoms with Crippen molar-refractivity contribution in [3.05, 3.63) is 56.2 Å². The number of thiophene rings is 1. The number of halogens is 4. The third-order valence-corrected chi connectivity index (χ3v) is 4.33. The number of rotatable bonds is 3. The van der Waals surface area contributed by atoms with Crippen LogP contribution in [0.15, 0.2) is 45.8 Å². The topological polar surface area (TPSA) is 52.9 Å². The maximum atomic E-state index is 12.6. The van der Waals surface area contributed by atoms with Gasteiger partial charge in [0.15, 0.2) is 0 Å². The molecule has 1 heterocycles. The Kier molecular flexibility index (Phi) is 5.23. The maximum Gasteiger partial charge on any atom is 0.416 e. The third-order valence-electron chi connectivity index (χ3n) is 2.69. The molecular formula is C15H8BrF3N2OS. The van der Waals surface area contributed by atoms with E-state index in [9.17, 15) is 18.0 Å². The lowest BCUT2D eigenvalue weighted by Crippen LogP contribution is -2.14. The van der Waals surface area contributed by atoms with Gasteiger partial charge < -0.3 is 5.32 Å². The molecule has 118 valence electrons. The fourth-order valence-electron chi connectivity index (χ4n) is 1.67. The lowest BCUT2D eigenvalue weighted by atomic mass is 10.1. The van der Waals surface area contributed by atoms with Crippen LogP contribution in [0, 0.1) is 11.3 Å². The van der Waals surface area contributed by atoms with Gasteiger partial charge in [0.1, 0.15) is 11.6 Å². The Morgan fingerprint density at radius 3 is 2.65 bits per heavy atom. The van der Waals surface area contributed by atoms with Gasteiger partial charge in [0.25, 0.3) is 5.91 Å². The number of benzene rings is 1. The normalized spacial score (nSPS) is 11.9. The van der Waals surface area contributed by atoms with Crippen molar-refractivity contribution in [1.29, 1.82) is 5.26 Å². The molecule has 1 N–H and O–H groups in total. The molecule has 1 aromatic heterocycles. The van der Waals surface area contributed by atoms with Crippen LogP contribution in [0.25, 0.3) is 6.08 Å². The molecule has 0 unspecified atom stereocenters. The van der Waals surface area contributed by atoms with Crippen LogP contribution < -0.4 is 5.32 Å². The monoisotopic (exact) mass is 400 g/mol. The SMILES string of the molecule is N#C/C(=C\c1cc(Br)cs1)C(=O)Nc1cccc(C(F)(F)F)c1. The summed E-state index contributed by atoms with van der Waals surface area (Å²) in [6.07, 6.45) is -3.13. The lowest BCUT2D eigenvalue weighted by molar-refractivity contribution is -0.137. The van der Waals surface area contributed by atoms with E-state index in [0.717, 1.165) is 16.6 Å². The van der Waals surface area contributed by atoms with Crippen molar-refractivity contribution in [2.24, 2.45) is 0 Å². The molecule has 0 saturated carbocycles. The fourth-order valence-corrected chi connectivity index (χ4v) is 3.04. The quantitative estimate of drug-likeness (QED) is 0.577. The molecule has 0 aliphatic rings. The molecule has 0 atom stereocenters. The number of carbonyl (C=O) groups is 1. The first kappa shape index (κ1) is 17.2. The molecule has 0 saturated heterocycles. The van der Waals surface area contributed by atoms with Crippen molar-refractivity contribution < 1.29 is 18.0 Å². The summed E-state index contributed by atoms with van der Waals surface area (Å²) in [5, 5.41) is 13.1. The summed E-state index contributed by atoms with van der Waals surface area (Å²) in [6.45, 7) is 0. The molecule has 0 bridgehead atoms. The van der Waals surface area contributed by atoms with Crippen molar-refractivity contribution in [1.82, 2.24) is 0 Å². The molecule has 0 radical (unpaired) electrons. The zero-order valence-electron chi connectivity index (χ0n) is 11.3. The number of anilines is 1. The number of amides is 1. The molecule has 2 rings (SSSR count). The second kappa shape index (κ2) is 6.98. The summed E-state index contributed by atoms with van der Waals surface area (Å²) in [4.78, 5) is 12.7. The van der Waals surface area contributed by atoms with Crippen molar-refractivity contribution in [3.8, 4) is 6.07 Å². The van der Waals surface area contributed by atoms with Gasteiger partial charge in [-0.3, -0.25) is 4.79 Å². The van der Waals surface area contributed by atoms with Crippen molar-refractivity contribution >= 4 is 44.9 Å². The Hall–Kier alpha value is -2.11. The van der Waals surface area contributed by atoms with E-state index in [1.54, 1.807) is 17.5 Å². The second-order valence-corrected chi connectivity index (χ2v) is 6.23. The molecule has 23 heavy (non-hydrogen) atoms. The molecule has 0 aliphatic carbocycles. The van der Waals surface area contributed by atoms with Crippen LogP contribution in [0.1, 0.15) is 10.4 Å². The van der Waals surface area contributed by atoms with Crippen LogP contribution in [0.4, 0.5) is 18.9 Å². The van der Waals surface area contributed by atoms with Gasteiger partial charge in [-0.05, 0) is 46.3 Å². The number of nitriles is 1. The van der Waals surface area contributed by atoms with Gasteiger partial charge in [-0.15, -0.1) is 11.3 Å². The van der Waals surface area contributed by atoms with Gasteiger partial charge in [-0.1, -0.05) is 6.07 Å². The Balaban J connectivity index is 2.21. The van der Waals surface area contributed by atoms with E-state index in [1.165, 1.54) is 29.5 Å². The number of hydrogen-bond donors (Lipinski definition) is 1. The summed E-state index contributed by atoms with van der Waals surface area (Å²) in [5.41, 5.74) is -1.10. The van der Waals surface area contributed by atoms with Crippen LogP contribution in [0.3, 0.4) is 0 Å². The van der Waals surface area contributed by atoms with E-state index < -0.39 is 17.6 Å². The summed E-state index contributed by atoms with van der Waals surface area (Å²) in [5.74, 6) is -0.767. The Bertz CT molecular complexity index is 806. The Morgan fingerprint density at radius 1 is 1.35 bits per heavy atom. The van der Waals surface area contributed by atoms with E-state index in [-0.39, 0.29) is 11.3 Å². The highest BCUT2D eigenvalue weighted by Crippen LogP contribution is 2.30. The molecule has 8 heteroatoms. The summed E-state index contributed by atoms with van der Waals surface area (Å²) in [6, 6.07) is 7.69. The van der Waals surface area contributed by atoms with Crippen molar-refractivity contribution in [2.45, 2.75) is 6.18 Å². The van der Waals surface area contributed by atoms with Gasteiger partial charge >= 0.3 is 6.18 Å². The predicted octanol–water partition coefficient (Wildman–Crippen LogP) is 5.08. The molecule has 2 aromatic rings. The molecule has 1 aromatic carbocycles. The van der Waals surface area contributed by atoms with Gasteiger partial charge in [0, 0.05) is 20.4 Å². The zero-order valence-corrected chi connectivity index (χ0v) is 13.7. The molecule has 0 spiro atoms. The van der Waals surface area contributed by atoms with Crippen LogP contribution in [-0.2, 0) is 11.0 Å². The minimum absolute atomic E-state index is 0.0293. The van der Waals surface area contributed by atoms with Crippen LogP contribution >= 0.6 is 27.3 Å². The summed E-state index contributed by atoms with van der Waals surface area (Å²) >= 11 is 4.57. The minimum atomic E-state index is -4.50. The first-order valence-electron chi connectivity index (χ1n) is 6.14. The Morgan fingerprint density at radius 2 is 2.09 bits per heavy atom. The van der Waals surface area contributed by atoms with E-state index >= 15 is 0 Å². The highest BCUT2D eigenvalue weighted by molar-refractivity contribution is 9.10. The van der Waals surface area contributed by atoms with Crippen molar-refractivity contribution in [3.63, 3.8) is 0 Å². The third kappa shape index (κ3) is 4.68. The van der Waals surface area contributed by atoms with E-state index in [0.29, 0.717) is 4.88 Å². The molecule has 0 aliphatic heterocycles. The van der Waals surface area contributed by atoms with Gasteiger partial charge in [-0.25, -0.2) is 0 Å². The zero-order chi connectivity index (χ0) is 17.0. The lowest BCUT2D eigenvalue weighted by Gasteiger charge is -2.09. The van der Waals surface area contributed by atoms with E-state index in [1.807, 2.05) is 0 Å². The van der Waals surface area contributed by atoms with Gasteiger partial charge in [0.05, 0.1) is 5.56 Å². The molecule has 0 fully saturated rings. The Labute approximate surface area is 142 Å². The smallest absolute Gasteiger partial charge is 0.321 e. The number of nitrogens with zero attached hydrogens (tertiary/aromatic N) is 1. The maximum absolute atomic E-state index is 12.6. The molecular weight excluding hydrogens is 393 g/mol. The van der Waals surface area contributed by atoms with Gasteiger partial charge in [-0.2, -0.15) is 18.4 Å². The summed E-state index contributed by atoms with van der Waals surface area (Å²) in [7, 11) is 0. The predicted molar refractivity (Wildman–Crippen MR) is 85.7 cm³/mol. The van der Waals surface area contributed by atoms with Crippen LogP contribution in [0.5, 0.6) is 0 Å². The molecule has 3 nitrogen and oxygen atoms in total. The number of hydrogen-bond acceptors (Lipinski definition) is 3. The average Bonchev–Trinajstić information content (AvgIpc) is 2.89. The van der Waals surface area contributed by atoms with E-state index in [4.69, 9.17) is 5.26 Å². The average molecular weight is 401 g/mol. The fraction of sp³-hybridized carbons (Fsp3) is 0.0667. The largest absolute Gasteiger partial charge is 0.416 e. The number of nitrogens with one attached hydrogen (secondary N) is 1. The van der Waals surface area contributed by atoms with Gasteiger partial charge in [0.2, 0.25) is 0 Å².